The molecule has 0 spiro atoms. The first-order valence-corrected chi connectivity index (χ1v) is 8.15. The molecule has 0 aliphatic heterocycles. The van der Waals surface area contributed by atoms with Crippen molar-refractivity contribution in [2.75, 3.05) is 19.5 Å². The van der Waals surface area contributed by atoms with Gasteiger partial charge in [0.2, 0.25) is 0 Å². The number of esters is 2. The second-order valence-corrected chi connectivity index (χ2v) is 6.08. The first kappa shape index (κ1) is 19.1. The summed E-state index contributed by atoms with van der Waals surface area (Å²) >= 11 is 11.9. The third-order valence-corrected chi connectivity index (χ3v) is 4.11. The number of halogens is 2. The second-order valence-electron chi connectivity index (χ2n) is 5.21. The van der Waals surface area contributed by atoms with Crippen LogP contribution in [0, 0.1) is 5.92 Å². The monoisotopic (exact) mass is 381 g/mol. The van der Waals surface area contributed by atoms with Crippen LogP contribution in [0.25, 0.3) is 0 Å². The molecule has 1 unspecified atom stereocenters. The Kier molecular flexibility index (Phi) is 6.67. The van der Waals surface area contributed by atoms with Crippen LogP contribution in [0.5, 0.6) is 0 Å². The average molecular weight is 382 g/mol. The summed E-state index contributed by atoms with van der Waals surface area (Å²) in [7, 11) is 2.44. The van der Waals surface area contributed by atoms with Gasteiger partial charge in [-0.05, 0) is 35.9 Å². The maximum absolute atomic E-state index is 12.2. The van der Waals surface area contributed by atoms with Crippen molar-refractivity contribution in [3.05, 3.63) is 64.1 Å². The van der Waals surface area contributed by atoms with E-state index in [0.717, 1.165) is 0 Å². The van der Waals surface area contributed by atoms with Gasteiger partial charge in [0.1, 0.15) is 0 Å². The van der Waals surface area contributed by atoms with Gasteiger partial charge in [0, 0.05) is 15.7 Å². The van der Waals surface area contributed by atoms with E-state index in [1.54, 1.807) is 48.5 Å². The number of hydrogen-bond acceptors (Lipinski definition) is 5. The van der Waals surface area contributed by atoms with Gasteiger partial charge in [-0.15, -0.1) is 0 Å². The number of rotatable bonds is 6. The van der Waals surface area contributed by atoms with Gasteiger partial charge >= 0.3 is 11.9 Å². The lowest BCUT2D eigenvalue weighted by Gasteiger charge is -2.26. The fourth-order valence-corrected chi connectivity index (χ4v) is 2.73. The molecule has 132 valence electrons. The average Bonchev–Trinajstić information content (AvgIpc) is 2.61. The highest BCUT2D eigenvalue weighted by Crippen LogP contribution is 2.30. The number of ether oxygens (including phenoxy) is 2. The van der Waals surface area contributed by atoms with Crippen LogP contribution in [0.1, 0.15) is 11.6 Å². The number of nitrogens with one attached hydrogen (secondary N) is 1. The topological polar surface area (TPSA) is 64.6 Å². The number of benzene rings is 2. The van der Waals surface area contributed by atoms with E-state index in [1.165, 1.54) is 14.2 Å². The van der Waals surface area contributed by atoms with E-state index in [1.807, 2.05) is 0 Å². The molecule has 1 N–H and O–H groups in total. The summed E-state index contributed by atoms with van der Waals surface area (Å²) in [5.74, 6) is -2.61. The zero-order valence-corrected chi connectivity index (χ0v) is 15.2. The van der Waals surface area contributed by atoms with Gasteiger partial charge in [0.05, 0.1) is 20.3 Å². The maximum Gasteiger partial charge on any atom is 0.322 e. The normalized spacial score (nSPS) is 11.7. The third-order valence-electron chi connectivity index (χ3n) is 3.62. The molecule has 0 aromatic heterocycles. The Labute approximate surface area is 155 Å². The van der Waals surface area contributed by atoms with Crippen LogP contribution >= 0.6 is 23.2 Å². The highest BCUT2D eigenvalue weighted by molar-refractivity contribution is 6.31. The molecule has 25 heavy (non-hydrogen) atoms. The van der Waals surface area contributed by atoms with E-state index in [0.29, 0.717) is 21.3 Å². The highest BCUT2D eigenvalue weighted by Gasteiger charge is 2.38. The first-order chi connectivity index (χ1) is 12.0. The summed E-state index contributed by atoms with van der Waals surface area (Å²) < 4.78 is 9.58. The molecular formula is C18H17Cl2NO4. The summed E-state index contributed by atoms with van der Waals surface area (Å²) in [6, 6.07) is 13.0. The smallest absolute Gasteiger partial charge is 0.322 e. The van der Waals surface area contributed by atoms with Crippen LogP contribution in [0.2, 0.25) is 10.0 Å². The van der Waals surface area contributed by atoms with E-state index >= 15 is 0 Å². The number of anilines is 1. The quantitative estimate of drug-likeness (QED) is 0.602. The van der Waals surface area contributed by atoms with Gasteiger partial charge in [-0.3, -0.25) is 9.59 Å². The Balaban J connectivity index is 2.47. The lowest BCUT2D eigenvalue weighted by atomic mass is 9.92. The Morgan fingerprint density at radius 3 is 2.04 bits per heavy atom. The predicted molar refractivity (Wildman–Crippen MR) is 96.8 cm³/mol. The van der Waals surface area contributed by atoms with E-state index < -0.39 is 23.9 Å². The molecule has 0 fully saturated rings. The number of carbonyl (C=O) groups excluding carboxylic acids is 2. The van der Waals surface area contributed by atoms with Crippen molar-refractivity contribution in [3.8, 4) is 0 Å². The number of hydrogen-bond donors (Lipinski definition) is 1. The number of carbonyl (C=O) groups is 2. The molecule has 2 rings (SSSR count). The zero-order chi connectivity index (χ0) is 18.4. The van der Waals surface area contributed by atoms with Crippen molar-refractivity contribution in [1.29, 1.82) is 0 Å². The third kappa shape index (κ3) is 4.87. The molecule has 0 aliphatic rings. The molecule has 1 atom stereocenters. The van der Waals surface area contributed by atoms with Gasteiger partial charge < -0.3 is 14.8 Å². The minimum atomic E-state index is -1.20. The Morgan fingerprint density at radius 1 is 0.920 bits per heavy atom. The van der Waals surface area contributed by atoms with Gasteiger partial charge in [-0.2, -0.15) is 0 Å². The van der Waals surface area contributed by atoms with Crippen LogP contribution in [0.3, 0.4) is 0 Å². The van der Waals surface area contributed by atoms with Crippen LogP contribution in [-0.4, -0.2) is 26.2 Å². The fourth-order valence-electron chi connectivity index (χ4n) is 2.41. The van der Waals surface area contributed by atoms with Crippen LogP contribution in [0.15, 0.2) is 48.5 Å². The van der Waals surface area contributed by atoms with Crippen molar-refractivity contribution in [2.24, 2.45) is 5.92 Å². The summed E-state index contributed by atoms with van der Waals surface area (Å²) in [5.41, 5.74) is 1.32. The van der Waals surface area contributed by atoms with Gasteiger partial charge in [-0.25, -0.2) is 0 Å². The predicted octanol–water partition coefficient (Wildman–Crippen LogP) is 4.11. The lowest BCUT2D eigenvalue weighted by Crippen LogP contribution is -2.35. The summed E-state index contributed by atoms with van der Waals surface area (Å²) in [4.78, 5) is 24.5. The van der Waals surface area contributed by atoms with E-state index in [2.05, 4.69) is 5.32 Å². The van der Waals surface area contributed by atoms with Crippen LogP contribution in [-0.2, 0) is 19.1 Å². The van der Waals surface area contributed by atoms with Crippen molar-refractivity contribution in [3.63, 3.8) is 0 Å². The van der Waals surface area contributed by atoms with E-state index in [-0.39, 0.29) is 0 Å². The SMILES string of the molecule is COC(=O)C(C(=O)OC)C(Nc1cccc(Cl)c1)c1ccc(Cl)cc1. The van der Waals surface area contributed by atoms with Crippen molar-refractivity contribution < 1.29 is 19.1 Å². The molecule has 0 aliphatic carbocycles. The van der Waals surface area contributed by atoms with Crippen LogP contribution < -0.4 is 5.32 Å². The molecule has 0 heterocycles. The molecular weight excluding hydrogens is 365 g/mol. The maximum atomic E-state index is 12.2. The molecule has 0 amide bonds. The second kappa shape index (κ2) is 8.74. The van der Waals surface area contributed by atoms with Gasteiger partial charge in [0.25, 0.3) is 0 Å². The minimum Gasteiger partial charge on any atom is -0.468 e. The lowest BCUT2D eigenvalue weighted by molar-refractivity contribution is -0.159. The molecule has 2 aromatic carbocycles. The first-order valence-electron chi connectivity index (χ1n) is 7.39. The van der Waals surface area contributed by atoms with E-state index in [9.17, 15) is 9.59 Å². The van der Waals surface area contributed by atoms with Gasteiger partial charge in [-0.1, -0.05) is 41.4 Å². The highest BCUT2D eigenvalue weighted by atomic mass is 35.5. The minimum absolute atomic E-state index is 0.521. The molecule has 0 saturated carbocycles. The Hall–Kier alpha value is -2.24. The molecule has 0 radical (unpaired) electrons. The van der Waals surface area contributed by atoms with Crippen LogP contribution in [0.4, 0.5) is 5.69 Å². The van der Waals surface area contributed by atoms with E-state index in [4.69, 9.17) is 32.7 Å². The van der Waals surface area contributed by atoms with Crippen molar-refractivity contribution in [1.82, 2.24) is 0 Å². The molecule has 0 saturated heterocycles. The molecule has 0 bridgehead atoms. The fraction of sp³-hybridized carbons (Fsp3) is 0.222. The van der Waals surface area contributed by atoms with Crippen molar-refractivity contribution >= 4 is 40.8 Å². The largest absolute Gasteiger partial charge is 0.468 e. The Bertz CT molecular complexity index is 733. The van der Waals surface area contributed by atoms with Gasteiger partial charge in [0.15, 0.2) is 5.92 Å². The summed E-state index contributed by atoms with van der Waals surface area (Å²) in [6.45, 7) is 0. The summed E-state index contributed by atoms with van der Waals surface area (Å²) in [6.07, 6.45) is 0. The van der Waals surface area contributed by atoms with Crippen molar-refractivity contribution in [2.45, 2.75) is 6.04 Å². The Morgan fingerprint density at radius 2 is 1.52 bits per heavy atom. The summed E-state index contributed by atoms with van der Waals surface area (Å²) in [5, 5.41) is 4.22. The molecule has 7 heteroatoms. The zero-order valence-electron chi connectivity index (χ0n) is 13.7. The standard InChI is InChI=1S/C18H17Cl2NO4/c1-24-17(22)15(18(23)25-2)16(11-6-8-12(19)9-7-11)21-14-5-3-4-13(20)10-14/h3-10,15-16,21H,1-2H3. The molecule has 5 nitrogen and oxygen atoms in total. The molecule has 2 aromatic rings. The number of methoxy groups -OCH3 is 2.